The first kappa shape index (κ1) is 27.1. The number of nitrogens with zero attached hydrogens (tertiary/aromatic N) is 1. The highest BCUT2D eigenvalue weighted by molar-refractivity contribution is 5.95. The van der Waals surface area contributed by atoms with E-state index in [1.54, 1.807) is 30.2 Å². The number of primary amides is 1. The fraction of sp³-hybridized carbons (Fsp3) is 0.156. The molecule has 0 spiro atoms. The molecule has 5 N–H and O–H groups in total. The Morgan fingerprint density at radius 2 is 1.38 bits per heavy atom. The number of rotatable bonds is 11. The van der Waals surface area contributed by atoms with E-state index in [2.05, 4.69) is 0 Å². The van der Waals surface area contributed by atoms with Crippen molar-refractivity contribution in [1.82, 2.24) is 4.90 Å². The Morgan fingerprint density at radius 1 is 0.795 bits per heavy atom. The second-order valence-electron chi connectivity index (χ2n) is 9.30. The standard InChI is InChI=1S/C32H32N4O3/c1-39-27-17-15-22(16-18-27)21-36(28(31(35)37)20-23-9-8-14-26(19-23)30(33)34)32(38)29(24-10-4-2-5-11-24)25-12-6-3-7-13-25/h2-19,28-29H,20-21H2,1H3,(H3,33,34)(H2,35,37)/t28-/m1/s1. The lowest BCUT2D eigenvalue weighted by Gasteiger charge is -2.33. The summed E-state index contributed by atoms with van der Waals surface area (Å²) in [7, 11) is 1.59. The summed E-state index contributed by atoms with van der Waals surface area (Å²) in [6, 6.07) is 32.6. The number of hydrogen-bond acceptors (Lipinski definition) is 4. The third-order valence-electron chi connectivity index (χ3n) is 6.68. The third kappa shape index (κ3) is 6.70. The Morgan fingerprint density at radius 3 is 1.90 bits per heavy atom. The minimum atomic E-state index is -0.947. The first-order valence-electron chi connectivity index (χ1n) is 12.6. The summed E-state index contributed by atoms with van der Waals surface area (Å²) >= 11 is 0. The maximum absolute atomic E-state index is 14.5. The highest BCUT2D eigenvalue weighted by Crippen LogP contribution is 2.29. The number of hydrogen-bond donors (Lipinski definition) is 3. The van der Waals surface area contributed by atoms with Crippen LogP contribution in [0.1, 0.15) is 33.7 Å². The largest absolute Gasteiger partial charge is 0.497 e. The van der Waals surface area contributed by atoms with Gasteiger partial charge in [0.25, 0.3) is 0 Å². The number of carbonyl (C=O) groups is 2. The first-order valence-corrected chi connectivity index (χ1v) is 12.6. The van der Waals surface area contributed by atoms with Gasteiger partial charge < -0.3 is 21.1 Å². The highest BCUT2D eigenvalue weighted by Gasteiger charge is 2.34. The van der Waals surface area contributed by atoms with Gasteiger partial charge in [-0.15, -0.1) is 0 Å². The number of nitrogens with two attached hydrogens (primary N) is 2. The fourth-order valence-corrected chi connectivity index (χ4v) is 4.66. The normalized spacial score (nSPS) is 11.5. The number of amides is 2. The van der Waals surface area contributed by atoms with Crippen LogP contribution in [0.3, 0.4) is 0 Å². The Hall–Kier alpha value is -4.91. The second-order valence-corrected chi connectivity index (χ2v) is 9.30. The van der Waals surface area contributed by atoms with Crippen LogP contribution >= 0.6 is 0 Å². The number of methoxy groups -OCH3 is 1. The molecule has 0 saturated heterocycles. The molecule has 0 aliphatic carbocycles. The molecule has 7 nitrogen and oxygen atoms in total. The van der Waals surface area contributed by atoms with E-state index in [-0.39, 0.29) is 24.7 Å². The molecule has 0 radical (unpaired) electrons. The highest BCUT2D eigenvalue weighted by atomic mass is 16.5. The SMILES string of the molecule is COc1ccc(CN(C(=O)C(c2ccccc2)c2ccccc2)[C@H](Cc2cccc(C(=N)N)c2)C(N)=O)cc1. The minimum absolute atomic E-state index is 0.0770. The summed E-state index contributed by atoms with van der Waals surface area (Å²) in [5.41, 5.74) is 15.4. The summed E-state index contributed by atoms with van der Waals surface area (Å²) in [6.07, 6.45) is 0.175. The molecule has 4 aromatic carbocycles. The Kier molecular flexibility index (Phi) is 8.74. The van der Waals surface area contributed by atoms with Crippen molar-refractivity contribution < 1.29 is 14.3 Å². The van der Waals surface area contributed by atoms with E-state index >= 15 is 0 Å². The van der Waals surface area contributed by atoms with E-state index in [4.69, 9.17) is 21.6 Å². The lowest BCUT2D eigenvalue weighted by Crippen LogP contribution is -2.50. The second kappa shape index (κ2) is 12.6. The zero-order valence-corrected chi connectivity index (χ0v) is 21.8. The fourth-order valence-electron chi connectivity index (χ4n) is 4.66. The van der Waals surface area contributed by atoms with E-state index in [1.807, 2.05) is 91.0 Å². The van der Waals surface area contributed by atoms with Crippen molar-refractivity contribution in [3.63, 3.8) is 0 Å². The smallest absolute Gasteiger partial charge is 0.240 e. The van der Waals surface area contributed by atoms with Gasteiger partial charge in [-0.3, -0.25) is 15.0 Å². The van der Waals surface area contributed by atoms with E-state index in [0.29, 0.717) is 11.3 Å². The lowest BCUT2D eigenvalue weighted by atomic mass is 9.88. The minimum Gasteiger partial charge on any atom is -0.497 e. The van der Waals surface area contributed by atoms with Gasteiger partial charge in [-0.1, -0.05) is 91.0 Å². The molecular formula is C32H32N4O3. The summed E-state index contributed by atoms with van der Waals surface area (Å²) in [5, 5.41) is 7.79. The molecule has 0 heterocycles. The molecule has 39 heavy (non-hydrogen) atoms. The van der Waals surface area contributed by atoms with Gasteiger partial charge in [-0.2, -0.15) is 0 Å². The van der Waals surface area contributed by atoms with E-state index < -0.39 is 17.9 Å². The summed E-state index contributed by atoms with van der Waals surface area (Å²) < 4.78 is 5.29. The zero-order chi connectivity index (χ0) is 27.8. The first-order chi connectivity index (χ1) is 18.9. The van der Waals surface area contributed by atoms with Crippen LogP contribution in [0.4, 0.5) is 0 Å². The molecular weight excluding hydrogens is 488 g/mol. The van der Waals surface area contributed by atoms with Crippen LogP contribution in [0.15, 0.2) is 109 Å². The van der Waals surface area contributed by atoms with Crippen LogP contribution in [0.5, 0.6) is 5.75 Å². The molecule has 1 atom stereocenters. The molecule has 198 valence electrons. The summed E-state index contributed by atoms with van der Waals surface area (Å²) in [5.74, 6) is -0.891. The molecule has 0 aliphatic heterocycles. The number of amidine groups is 1. The molecule has 0 aliphatic rings. The average Bonchev–Trinajstić information content (AvgIpc) is 2.96. The van der Waals surface area contributed by atoms with Gasteiger partial charge in [-0.05, 0) is 40.5 Å². The molecule has 0 aromatic heterocycles. The average molecular weight is 521 g/mol. The molecule has 0 saturated carbocycles. The number of ether oxygens (including phenoxy) is 1. The van der Waals surface area contributed by atoms with Crippen LogP contribution in [0.25, 0.3) is 0 Å². The lowest BCUT2D eigenvalue weighted by molar-refractivity contribution is -0.140. The van der Waals surface area contributed by atoms with Gasteiger partial charge in [0.1, 0.15) is 17.6 Å². The summed E-state index contributed by atoms with van der Waals surface area (Å²) in [6.45, 7) is 0.166. The molecule has 0 bridgehead atoms. The number of carbonyl (C=O) groups excluding carboxylic acids is 2. The molecule has 7 heteroatoms. The molecule has 0 fully saturated rings. The molecule has 4 rings (SSSR count). The predicted molar refractivity (Wildman–Crippen MR) is 152 cm³/mol. The predicted octanol–water partition coefficient (Wildman–Crippen LogP) is 4.24. The van der Waals surface area contributed by atoms with E-state index in [0.717, 1.165) is 22.3 Å². The van der Waals surface area contributed by atoms with Crippen LogP contribution < -0.4 is 16.2 Å². The maximum atomic E-state index is 14.5. The van der Waals surface area contributed by atoms with E-state index in [9.17, 15) is 9.59 Å². The molecule has 4 aromatic rings. The monoisotopic (exact) mass is 520 g/mol. The van der Waals surface area contributed by atoms with Gasteiger partial charge in [-0.25, -0.2) is 0 Å². The van der Waals surface area contributed by atoms with Gasteiger partial charge in [0.05, 0.1) is 13.0 Å². The Bertz CT molecular complexity index is 1380. The zero-order valence-electron chi connectivity index (χ0n) is 21.8. The van der Waals surface area contributed by atoms with Gasteiger partial charge in [0.15, 0.2) is 0 Å². The summed E-state index contributed by atoms with van der Waals surface area (Å²) in [4.78, 5) is 29.1. The molecule has 0 unspecified atom stereocenters. The molecule has 2 amide bonds. The quantitative estimate of drug-likeness (QED) is 0.202. The van der Waals surface area contributed by atoms with Crippen molar-refractivity contribution in [1.29, 1.82) is 5.41 Å². The van der Waals surface area contributed by atoms with Gasteiger partial charge in [0, 0.05) is 18.5 Å². The van der Waals surface area contributed by atoms with Crippen molar-refractivity contribution in [3.8, 4) is 5.75 Å². The van der Waals surface area contributed by atoms with Gasteiger partial charge >= 0.3 is 0 Å². The maximum Gasteiger partial charge on any atom is 0.240 e. The van der Waals surface area contributed by atoms with E-state index in [1.165, 1.54) is 0 Å². The Labute approximate surface area is 228 Å². The van der Waals surface area contributed by atoms with Crippen molar-refractivity contribution in [2.24, 2.45) is 11.5 Å². The van der Waals surface area contributed by atoms with Crippen LogP contribution in [0.2, 0.25) is 0 Å². The van der Waals surface area contributed by atoms with Crippen LogP contribution in [0, 0.1) is 5.41 Å². The Balaban J connectivity index is 1.79. The van der Waals surface area contributed by atoms with Crippen LogP contribution in [-0.4, -0.2) is 35.7 Å². The van der Waals surface area contributed by atoms with Crippen molar-refractivity contribution >= 4 is 17.6 Å². The van der Waals surface area contributed by atoms with Crippen LogP contribution in [-0.2, 0) is 22.6 Å². The topological polar surface area (TPSA) is 122 Å². The number of nitrogen functional groups attached to an aromatic ring is 1. The van der Waals surface area contributed by atoms with Crippen molar-refractivity contribution in [3.05, 3.63) is 137 Å². The number of nitrogens with one attached hydrogen (secondary N) is 1. The van der Waals surface area contributed by atoms with Crippen molar-refractivity contribution in [2.45, 2.75) is 24.9 Å². The third-order valence-corrected chi connectivity index (χ3v) is 6.68. The van der Waals surface area contributed by atoms with Gasteiger partial charge in [0.2, 0.25) is 11.8 Å². The van der Waals surface area contributed by atoms with Crippen molar-refractivity contribution in [2.75, 3.05) is 7.11 Å². The number of benzene rings is 4.